The summed E-state index contributed by atoms with van der Waals surface area (Å²) < 4.78 is 4.91. The van der Waals surface area contributed by atoms with Crippen molar-refractivity contribution in [1.82, 2.24) is 10.2 Å². The molecule has 1 amide bonds. The highest BCUT2D eigenvalue weighted by atomic mass is 16.5. The van der Waals surface area contributed by atoms with Gasteiger partial charge in [-0.05, 0) is 168 Å². The number of aliphatic hydroxyl groups excluding tert-OH is 1. The molecule has 6 N–H and O–H groups in total. The molecule has 8 heteroatoms. The van der Waals surface area contributed by atoms with E-state index in [0.29, 0.717) is 35.5 Å². The summed E-state index contributed by atoms with van der Waals surface area (Å²) >= 11 is 0. The molecule has 0 aromatic rings. The molecule has 4 saturated carbocycles. The quantitative estimate of drug-likeness (QED) is 0.102. The number of fused-ring (bicyclic) bond motifs is 5. The number of esters is 1. The van der Waals surface area contributed by atoms with Gasteiger partial charge in [0.2, 0.25) is 5.91 Å². The molecule has 8 nitrogen and oxygen atoms in total. The number of methoxy groups -OCH3 is 1. The highest BCUT2D eigenvalue weighted by Gasteiger charge is 2.63. The first kappa shape index (κ1) is 39.6. The molecule has 0 aromatic carbocycles. The number of amides is 1. The Morgan fingerprint density at radius 1 is 0.917 bits per heavy atom. The average Bonchev–Trinajstić information content (AvgIpc) is 3.43. The lowest BCUT2D eigenvalue weighted by Gasteiger charge is -2.62. The smallest absolute Gasteiger partial charge is 0.328 e. The van der Waals surface area contributed by atoms with Crippen LogP contribution in [0.1, 0.15) is 131 Å². The number of ether oxygens (including phenoxy) is 1. The second-order valence-corrected chi connectivity index (χ2v) is 17.5. The van der Waals surface area contributed by atoms with Crippen molar-refractivity contribution in [3.05, 3.63) is 0 Å². The van der Waals surface area contributed by atoms with E-state index in [1.54, 1.807) is 0 Å². The Labute approximate surface area is 293 Å². The van der Waals surface area contributed by atoms with Crippen LogP contribution in [0, 0.1) is 58.2 Å². The van der Waals surface area contributed by atoms with Crippen molar-refractivity contribution in [3.63, 3.8) is 0 Å². The van der Waals surface area contributed by atoms with Gasteiger partial charge in [0.25, 0.3) is 0 Å². The molecule has 48 heavy (non-hydrogen) atoms. The first-order chi connectivity index (χ1) is 22.9. The van der Waals surface area contributed by atoms with Gasteiger partial charge in [0.15, 0.2) is 0 Å². The predicted molar refractivity (Wildman–Crippen MR) is 195 cm³/mol. The fourth-order valence-electron chi connectivity index (χ4n) is 11.7. The minimum absolute atomic E-state index is 0.0227. The molecule has 4 aliphatic rings. The zero-order chi connectivity index (χ0) is 35.1. The van der Waals surface area contributed by atoms with E-state index in [4.69, 9.17) is 16.2 Å². The third-order valence-corrected chi connectivity index (χ3v) is 14.6. The predicted octanol–water partition coefficient (Wildman–Crippen LogP) is 6.13. The molecule has 0 heterocycles. The van der Waals surface area contributed by atoms with Crippen LogP contribution in [0.25, 0.3) is 0 Å². The van der Waals surface area contributed by atoms with Gasteiger partial charge in [-0.15, -0.1) is 0 Å². The third-order valence-electron chi connectivity index (χ3n) is 14.6. The van der Waals surface area contributed by atoms with E-state index in [1.807, 2.05) is 13.8 Å². The zero-order valence-electron chi connectivity index (χ0n) is 31.7. The molecule has 0 bridgehead atoms. The fraction of sp³-hybridized carbons (Fsp3) is 0.950. The molecule has 0 aliphatic heterocycles. The monoisotopic (exact) mass is 675 g/mol. The normalized spacial score (nSPS) is 35.9. The van der Waals surface area contributed by atoms with Gasteiger partial charge in [0.1, 0.15) is 6.04 Å². The molecule has 4 aliphatic carbocycles. The van der Waals surface area contributed by atoms with Crippen LogP contribution in [0.3, 0.4) is 0 Å². The van der Waals surface area contributed by atoms with Gasteiger partial charge in [0, 0.05) is 6.42 Å². The molecule has 0 aromatic heterocycles. The summed E-state index contributed by atoms with van der Waals surface area (Å²) in [6, 6.07) is -0.607. The number of nitrogens with two attached hydrogens (primary N) is 2. The Hall–Kier alpha value is -1.22. The fourth-order valence-corrected chi connectivity index (χ4v) is 11.7. The molecule has 11 atom stereocenters. The van der Waals surface area contributed by atoms with Crippen molar-refractivity contribution in [2.45, 2.75) is 143 Å². The first-order valence-corrected chi connectivity index (χ1v) is 20.1. The molecular weight excluding hydrogens is 600 g/mol. The second-order valence-electron chi connectivity index (χ2n) is 17.5. The van der Waals surface area contributed by atoms with Crippen molar-refractivity contribution in [2.75, 3.05) is 39.8 Å². The highest BCUT2D eigenvalue weighted by Crippen LogP contribution is 2.68. The van der Waals surface area contributed by atoms with E-state index in [2.05, 4.69) is 31.0 Å². The van der Waals surface area contributed by atoms with E-state index in [0.717, 1.165) is 76.0 Å². The van der Waals surface area contributed by atoms with E-state index < -0.39 is 6.04 Å². The Morgan fingerprint density at radius 2 is 1.60 bits per heavy atom. The summed E-state index contributed by atoms with van der Waals surface area (Å²) in [5, 5.41) is 15.0. The lowest BCUT2D eigenvalue weighted by Crippen LogP contribution is -2.58. The third kappa shape index (κ3) is 8.80. The van der Waals surface area contributed by atoms with Gasteiger partial charge in [-0.25, -0.2) is 4.79 Å². The number of carbonyl (C=O) groups excluding carboxylic acids is 2. The molecule has 3 unspecified atom stereocenters. The maximum atomic E-state index is 12.9. The Bertz CT molecular complexity index is 1020. The summed E-state index contributed by atoms with van der Waals surface area (Å²) in [6.45, 7) is 16.1. The molecular formula is C40H74N4O4. The molecule has 0 saturated heterocycles. The molecule has 278 valence electrons. The Balaban J connectivity index is 1.29. The topological polar surface area (TPSA) is 131 Å². The van der Waals surface area contributed by atoms with Gasteiger partial charge < -0.3 is 31.5 Å². The number of nitrogens with zero attached hydrogens (tertiary/aromatic N) is 1. The van der Waals surface area contributed by atoms with Crippen molar-refractivity contribution in [2.24, 2.45) is 69.6 Å². The van der Waals surface area contributed by atoms with E-state index in [9.17, 15) is 14.7 Å². The van der Waals surface area contributed by atoms with E-state index in [1.165, 1.54) is 71.4 Å². The van der Waals surface area contributed by atoms with Crippen LogP contribution < -0.4 is 16.8 Å². The number of hydrogen-bond donors (Lipinski definition) is 4. The number of unbranched alkanes of at least 4 members (excludes halogenated alkanes) is 1. The standard InChI is InChI=1S/C40H74N4O4/c1-27(2)37(38(47)48-6)43-36(46)17-12-28(3)32-15-16-33-31-14-13-30-25-29(11-7-8-22-44(23-9-20-41)24-10-21-42)18-19-39(30,4)34(31)26-35(45)40(32,33)5/h27-35,37,45H,7-26,41-42H2,1-6H3,(H,43,46)/t28-,29+,30-,31?,32-,33?,34?,35+,37-,39+,40-/m1/s1. The van der Waals surface area contributed by atoms with Crippen molar-refractivity contribution < 1.29 is 19.4 Å². The van der Waals surface area contributed by atoms with Crippen LogP contribution in [0.15, 0.2) is 0 Å². The Kier molecular flexibility index (Phi) is 14.7. The number of carbonyl (C=O) groups is 2. The summed E-state index contributed by atoms with van der Waals surface area (Å²) in [4.78, 5) is 27.6. The largest absolute Gasteiger partial charge is 0.467 e. The lowest BCUT2D eigenvalue weighted by molar-refractivity contribution is -0.171. The maximum absolute atomic E-state index is 12.9. The SMILES string of the molecule is COC(=O)[C@H](NC(=O)CC[C@@H](C)[C@H]1CCC2C3CC[C@@H]4C[C@@H](CCCCN(CCCN)CCCN)CC[C@]4(C)C3C[C@H](O)[C@@]21C)C(C)C. The minimum atomic E-state index is -0.607. The first-order valence-electron chi connectivity index (χ1n) is 20.1. The van der Waals surface area contributed by atoms with Gasteiger partial charge in [0.05, 0.1) is 13.2 Å². The zero-order valence-corrected chi connectivity index (χ0v) is 31.7. The number of nitrogens with one attached hydrogen (secondary N) is 1. The molecule has 0 radical (unpaired) electrons. The summed E-state index contributed by atoms with van der Waals surface area (Å²) in [6.07, 6.45) is 17.1. The van der Waals surface area contributed by atoms with Crippen molar-refractivity contribution in [3.8, 4) is 0 Å². The van der Waals surface area contributed by atoms with E-state index >= 15 is 0 Å². The molecule has 0 spiro atoms. The summed E-state index contributed by atoms with van der Waals surface area (Å²) in [5.41, 5.74) is 11.8. The number of aliphatic hydroxyl groups is 1. The number of hydrogen-bond acceptors (Lipinski definition) is 7. The summed E-state index contributed by atoms with van der Waals surface area (Å²) in [5.74, 6) is 3.88. The van der Waals surface area contributed by atoms with Crippen LogP contribution in [0.2, 0.25) is 0 Å². The van der Waals surface area contributed by atoms with Gasteiger partial charge in [-0.1, -0.05) is 47.5 Å². The molecule has 4 rings (SSSR count). The van der Waals surface area contributed by atoms with Gasteiger partial charge >= 0.3 is 5.97 Å². The molecule has 4 fully saturated rings. The van der Waals surface area contributed by atoms with Crippen LogP contribution in [-0.4, -0.2) is 73.9 Å². The van der Waals surface area contributed by atoms with E-state index in [-0.39, 0.29) is 29.3 Å². The van der Waals surface area contributed by atoms with Crippen molar-refractivity contribution >= 4 is 11.9 Å². The average molecular weight is 675 g/mol. The maximum Gasteiger partial charge on any atom is 0.328 e. The van der Waals surface area contributed by atoms with Crippen LogP contribution in [0.4, 0.5) is 0 Å². The second kappa shape index (κ2) is 17.8. The van der Waals surface area contributed by atoms with Crippen LogP contribution in [-0.2, 0) is 14.3 Å². The van der Waals surface area contributed by atoms with Crippen LogP contribution in [0.5, 0.6) is 0 Å². The van der Waals surface area contributed by atoms with Gasteiger partial charge in [-0.3, -0.25) is 4.79 Å². The Morgan fingerprint density at radius 3 is 2.25 bits per heavy atom. The van der Waals surface area contributed by atoms with Crippen molar-refractivity contribution in [1.29, 1.82) is 0 Å². The van der Waals surface area contributed by atoms with Crippen LogP contribution >= 0.6 is 0 Å². The highest BCUT2D eigenvalue weighted by molar-refractivity contribution is 5.84. The summed E-state index contributed by atoms with van der Waals surface area (Å²) in [7, 11) is 1.37. The number of rotatable bonds is 18. The van der Waals surface area contributed by atoms with Gasteiger partial charge in [-0.2, -0.15) is 0 Å². The lowest BCUT2D eigenvalue weighted by atomic mass is 9.43. The minimum Gasteiger partial charge on any atom is -0.467 e.